The second-order valence-electron chi connectivity index (χ2n) is 10.5. The molecule has 6 atom stereocenters. The van der Waals surface area contributed by atoms with Crippen LogP contribution < -0.4 is 4.90 Å². The van der Waals surface area contributed by atoms with Crippen LogP contribution in [0, 0.1) is 31.6 Å². The summed E-state index contributed by atoms with van der Waals surface area (Å²) in [6, 6.07) is 4.27. The number of aliphatic hydroxyl groups excluding tert-OH is 1. The number of carbonyl (C=O) groups is 3. The Bertz CT molecular complexity index is 1030. The predicted octanol–water partition coefficient (Wildman–Crippen LogP) is 2.78. The third-order valence-electron chi connectivity index (χ3n) is 8.13. The van der Waals surface area contributed by atoms with Crippen LogP contribution in [0.15, 0.2) is 30.9 Å². The number of para-hydroxylation sites is 1. The molecular formula is C28H38N2O6. The van der Waals surface area contributed by atoms with Gasteiger partial charge in [-0.1, -0.05) is 38.1 Å². The van der Waals surface area contributed by atoms with E-state index in [0.717, 1.165) is 16.8 Å². The Morgan fingerprint density at radius 1 is 1.33 bits per heavy atom. The first kappa shape index (κ1) is 26.4. The molecule has 2 amide bonds. The van der Waals surface area contributed by atoms with E-state index in [1.165, 1.54) is 4.90 Å². The molecule has 3 aliphatic heterocycles. The molecule has 1 spiro atoms. The van der Waals surface area contributed by atoms with Gasteiger partial charge >= 0.3 is 5.97 Å². The number of hydrogen-bond acceptors (Lipinski definition) is 6. The van der Waals surface area contributed by atoms with Crippen molar-refractivity contribution in [2.45, 2.75) is 71.2 Å². The number of nitrogens with zero attached hydrogens (tertiary/aromatic N) is 2. The van der Waals surface area contributed by atoms with Gasteiger partial charge in [0.25, 0.3) is 5.91 Å². The molecule has 36 heavy (non-hydrogen) atoms. The van der Waals surface area contributed by atoms with Crippen LogP contribution in [0.4, 0.5) is 5.69 Å². The number of anilines is 1. The lowest BCUT2D eigenvalue weighted by molar-refractivity contribution is -0.155. The highest BCUT2D eigenvalue weighted by atomic mass is 16.6. The van der Waals surface area contributed by atoms with Gasteiger partial charge in [0.2, 0.25) is 5.91 Å². The van der Waals surface area contributed by atoms with E-state index in [9.17, 15) is 19.5 Å². The first-order valence-corrected chi connectivity index (χ1v) is 12.9. The minimum Gasteiger partial charge on any atom is -0.466 e. The summed E-state index contributed by atoms with van der Waals surface area (Å²) in [5.74, 6) is -2.76. The van der Waals surface area contributed by atoms with Gasteiger partial charge in [-0.3, -0.25) is 14.4 Å². The largest absolute Gasteiger partial charge is 0.466 e. The highest BCUT2D eigenvalue weighted by Gasteiger charge is 2.75. The van der Waals surface area contributed by atoms with Gasteiger partial charge < -0.3 is 24.4 Å². The van der Waals surface area contributed by atoms with Crippen molar-refractivity contribution in [2.24, 2.45) is 17.8 Å². The first-order chi connectivity index (χ1) is 17.1. The molecule has 3 fully saturated rings. The monoisotopic (exact) mass is 498 g/mol. The average molecular weight is 499 g/mol. The predicted molar refractivity (Wildman–Crippen MR) is 135 cm³/mol. The van der Waals surface area contributed by atoms with Crippen molar-refractivity contribution in [3.8, 4) is 0 Å². The zero-order chi connectivity index (χ0) is 26.4. The van der Waals surface area contributed by atoms with E-state index in [-0.39, 0.29) is 37.5 Å². The molecule has 2 bridgehead atoms. The van der Waals surface area contributed by atoms with Crippen molar-refractivity contribution < 1.29 is 29.0 Å². The Morgan fingerprint density at radius 2 is 2.00 bits per heavy atom. The van der Waals surface area contributed by atoms with Crippen molar-refractivity contribution >= 4 is 23.5 Å². The smallest absolute Gasteiger partial charge is 0.312 e. The number of benzene rings is 1. The fourth-order valence-electron chi connectivity index (χ4n) is 6.65. The lowest BCUT2D eigenvalue weighted by Crippen LogP contribution is -2.60. The number of ether oxygens (including phenoxy) is 2. The summed E-state index contributed by atoms with van der Waals surface area (Å²) in [5, 5.41) is 10.3. The lowest BCUT2D eigenvalue weighted by atomic mass is 9.70. The van der Waals surface area contributed by atoms with Gasteiger partial charge in [-0.25, -0.2) is 0 Å². The number of esters is 1. The Kier molecular flexibility index (Phi) is 7.30. The van der Waals surface area contributed by atoms with Crippen LogP contribution >= 0.6 is 0 Å². The van der Waals surface area contributed by atoms with Crippen LogP contribution in [0.3, 0.4) is 0 Å². The van der Waals surface area contributed by atoms with Gasteiger partial charge in [0, 0.05) is 12.2 Å². The number of hydrogen-bond donors (Lipinski definition) is 1. The van der Waals surface area contributed by atoms with Gasteiger partial charge in [0.1, 0.15) is 11.6 Å². The van der Waals surface area contributed by atoms with Gasteiger partial charge in [-0.2, -0.15) is 0 Å². The van der Waals surface area contributed by atoms with Crippen molar-refractivity contribution in [2.75, 3.05) is 24.7 Å². The van der Waals surface area contributed by atoms with E-state index in [1.54, 1.807) is 17.9 Å². The molecular weight excluding hydrogens is 460 g/mol. The lowest BCUT2D eigenvalue weighted by Gasteiger charge is -2.41. The zero-order valence-corrected chi connectivity index (χ0v) is 21.9. The molecule has 196 valence electrons. The molecule has 4 rings (SSSR count). The Hall–Kier alpha value is -2.71. The Morgan fingerprint density at radius 3 is 2.56 bits per heavy atom. The summed E-state index contributed by atoms with van der Waals surface area (Å²) in [4.78, 5) is 44.9. The third kappa shape index (κ3) is 3.86. The quantitative estimate of drug-likeness (QED) is 0.416. The number of amides is 2. The van der Waals surface area contributed by atoms with Crippen molar-refractivity contribution in [1.29, 1.82) is 0 Å². The SMILES string of the molecule is C=CCN(C(=O)[C@@H]1N([C@@H](CO)C(C)C)C(=O)[C@H]2[C@H](C(=O)OCC)[C@@H]3CC[C@]12O3)c1c(C)cccc1C. The van der Waals surface area contributed by atoms with E-state index < -0.39 is 41.6 Å². The number of carbonyl (C=O) groups excluding carboxylic acids is 3. The Labute approximate surface area is 213 Å². The van der Waals surface area contributed by atoms with Crippen LogP contribution in [-0.2, 0) is 23.9 Å². The van der Waals surface area contributed by atoms with E-state index in [2.05, 4.69) is 6.58 Å². The minimum atomic E-state index is -1.14. The zero-order valence-electron chi connectivity index (χ0n) is 21.9. The van der Waals surface area contributed by atoms with Crippen LogP contribution in [0.25, 0.3) is 0 Å². The molecule has 1 N–H and O–H groups in total. The molecule has 0 radical (unpaired) electrons. The number of aryl methyl sites for hydroxylation is 2. The molecule has 8 heteroatoms. The summed E-state index contributed by atoms with van der Waals surface area (Å²) in [6.07, 6.45) is 2.26. The topological polar surface area (TPSA) is 96.4 Å². The highest BCUT2D eigenvalue weighted by Crippen LogP contribution is 2.59. The molecule has 0 saturated carbocycles. The third-order valence-corrected chi connectivity index (χ3v) is 8.13. The van der Waals surface area contributed by atoms with Crippen molar-refractivity contribution in [3.63, 3.8) is 0 Å². The second kappa shape index (κ2) is 9.98. The van der Waals surface area contributed by atoms with E-state index in [0.29, 0.717) is 12.8 Å². The number of fused-ring (bicyclic) bond motifs is 1. The Balaban J connectivity index is 1.87. The number of likely N-dealkylation sites (tertiary alicyclic amines) is 1. The maximum Gasteiger partial charge on any atom is 0.312 e. The fraction of sp³-hybridized carbons (Fsp3) is 0.607. The molecule has 3 aliphatic rings. The maximum absolute atomic E-state index is 14.6. The van der Waals surface area contributed by atoms with Crippen LogP contribution in [0.1, 0.15) is 44.7 Å². The fourth-order valence-corrected chi connectivity index (χ4v) is 6.65. The minimum absolute atomic E-state index is 0.115. The molecule has 3 heterocycles. The van der Waals surface area contributed by atoms with E-state index in [1.807, 2.05) is 45.9 Å². The van der Waals surface area contributed by atoms with Gasteiger partial charge in [0.05, 0.1) is 37.2 Å². The number of aliphatic hydroxyl groups is 1. The summed E-state index contributed by atoms with van der Waals surface area (Å²) in [7, 11) is 0. The van der Waals surface area contributed by atoms with Gasteiger partial charge in [-0.05, 0) is 50.7 Å². The molecule has 1 aromatic rings. The summed E-state index contributed by atoms with van der Waals surface area (Å²) in [6.45, 7) is 13.5. The summed E-state index contributed by atoms with van der Waals surface area (Å²) in [5.41, 5.74) is 1.49. The number of rotatable bonds is 9. The normalized spacial score (nSPS) is 29.4. The van der Waals surface area contributed by atoms with Gasteiger partial charge in [0.15, 0.2) is 0 Å². The van der Waals surface area contributed by atoms with Gasteiger partial charge in [-0.15, -0.1) is 6.58 Å². The molecule has 0 unspecified atom stereocenters. The van der Waals surface area contributed by atoms with Crippen molar-refractivity contribution in [1.82, 2.24) is 4.90 Å². The van der Waals surface area contributed by atoms with Crippen LogP contribution in [0.5, 0.6) is 0 Å². The highest BCUT2D eigenvalue weighted by molar-refractivity contribution is 6.05. The van der Waals surface area contributed by atoms with Crippen molar-refractivity contribution in [3.05, 3.63) is 42.0 Å². The first-order valence-electron chi connectivity index (χ1n) is 12.9. The summed E-state index contributed by atoms with van der Waals surface area (Å²) >= 11 is 0. The van der Waals surface area contributed by atoms with Crippen LogP contribution in [0.2, 0.25) is 0 Å². The summed E-state index contributed by atoms with van der Waals surface area (Å²) < 4.78 is 11.8. The standard InChI is InChI=1S/C28H38N2O6/c1-7-14-29(23-17(5)10-9-11-18(23)6)26(33)24-28-13-12-20(36-28)21(27(34)35-8-2)22(28)25(32)30(24)19(15-31)16(3)4/h7,9-11,16,19-22,24,31H,1,8,12-15H2,2-6H3/t19-,20-,21+,22+,24-,28+/m0/s1. The van der Waals surface area contributed by atoms with E-state index >= 15 is 0 Å². The molecule has 1 aromatic carbocycles. The van der Waals surface area contributed by atoms with Crippen LogP contribution in [-0.4, -0.2) is 71.3 Å². The molecule has 3 saturated heterocycles. The molecule has 0 aliphatic carbocycles. The molecule has 0 aromatic heterocycles. The second-order valence-corrected chi connectivity index (χ2v) is 10.5. The average Bonchev–Trinajstić information content (AvgIpc) is 3.46. The molecule has 8 nitrogen and oxygen atoms in total. The maximum atomic E-state index is 14.6. The van der Waals surface area contributed by atoms with E-state index in [4.69, 9.17) is 9.47 Å².